The van der Waals surface area contributed by atoms with E-state index in [2.05, 4.69) is 35.8 Å². The van der Waals surface area contributed by atoms with Crippen LogP contribution in [0.25, 0.3) is 22.4 Å². The molecule has 3 aromatic rings. The standard InChI is InChI=1S/C22H26N4O/c1-15(2)20-14-25(3)11-12-26(20)22(27)17-9-10-18-19(13-17)24-21(23-18)16-7-5-4-6-8-16/h4-10,13,15,20H,11-12,14H2,1-3H3,(H,23,24)/t20-/m1/s1. The van der Waals surface area contributed by atoms with Crippen molar-refractivity contribution in [1.82, 2.24) is 19.8 Å². The summed E-state index contributed by atoms with van der Waals surface area (Å²) in [6, 6.07) is 16.1. The number of nitrogens with zero attached hydrogens (tertiary/aromatic N) is 3. The molecule has 5 nitrogen and oxygen atoms in total. The monoisotopic (exact) mass is 362 g/mol. The van der Waals surface area contributed by atoms with Crippen LogP contribution in [0.3, 0.4) is 0 Å². The Bertz CT molecular complexity index is 947. The van der Waals surface area contributed by atoms with Gasteiger partial charge in [-0.3, -0.25) is 4.79 Å². The van der Waals surface area contributed by atoms with Crippen LogP contribution in [0, 0.1) is 5.92 Å². The fourth-order valence-corrected chi connectivity index (χ4v) is 3.82. The average molecular weight is 362 g/mol. The van der Waals surface area contributed by atoms with E-state index >= 15 is 0 Å². The van der Waals surface area contributed by atoms with Crippen molar-refractivity contribution < 1.29 is 4.79 Å². The molecule has 0 saturated carbocycles. The van der Waals surface area contributed by atoms with Gasteiger partial charge in [-0.1, -0.05) is 44.2 Å². The summed E-state index contributed by atoms with van der Waals surface area (Å²) in [5, 5.41) is 0. The minimum atomic E-state index is 0.111. The number of piperazine rings is 1. The maximum absolute atomic E-state index is 13.2. The van der Waals surface area contributed by atoms with Crippen LogP contribution in [0.2, 0.25) is 0 Å². The molecular formula is C22H26N4O. The number of amides is 1. The number of imidazole rings is 1. The van der Waals surface area contributed by atoms with E-state index in [9.17, 15) is 4.79 Å². The van der Waals surface area contributed by atoms with Crippen molar-refractivity contribution in [3.63, 3.8) is 0 Å². The summed E-state index contributed by atoms with van der Waals surface area (Å²) in [6.07, 6.45) is 0. The predicted octanol–water partition coefficient (Wildman–Crippen LogP) is 3.64. The molecule has 0 radical (unpaired) electrons. The fourth-order valence-electron chi connectivity index (χ4n) is 3.82. The molecule has 1 fully saturated rings. The molecule has 1 aliphatic heterocycles. The molecule has 1 N–H and O–H groups in total. The van der Waals surface area contributed by atoms with Crippen molar-refractivity contribution >= 4 is 16.9 Å². The lowest BCUT2D eigenvalue weighted by atomic mass is 9.98. The van der Waals surface area contributed by atoms with Crippen molar-refractivity contribution in [1.29, 1.82) is 0 Å². The normalized spacial score (nSPS) is 18.4. The molecule has 0 aliphatic carbocycles. The second-order valence-electron chi connectivity index (χ2n) is 7.76. The van der Waals surface area contributed by atoms with Gasteiger partial charge in [-0.15, -0.1) is 0 Å². The summed E-state index contributed by atoms with van der Waals surface area (Å²) in [6.45, 7) is 6.99. The zero-order chi connectivity index (χ0) is 19.0. The maximum atomic E-state index is 13.2. The van der Waals surface area contributed by atoms with Gasteiger partial charge in [0.25, 0.3) is 5.91 Å². The van der Waals surface area contributed by atoms with Crippen LogP contribution in [0.4, 0.5) is 0 Å². The first-order chi connectivity index (χ1) is 13.0. The largest absolute Gasteiger partial charge is 0.338 e. The van der Waals surface area contributed by atoms with E-state index < -0.39 is 0 Å². The van der Waals surface area contributed by atoms with Crippen LogP contribution in [0.15, 0.2) is 48.5 Å². The number of aromatic amines is 1. The van der Waals surface area contributed by atoms with E-state index in [1.54, 1.807) is 0 Å². The number of H-pyrrole nitrogens is 1. The molecule has 1 saturated heterocycles. The third-order valence-electron chi connectivity index (χ3n) is 5.43. The lowest BCUT2D eigenvalue weighted by Gasteiger charge is -2.42. The van der Waals surface area contributed by atoms with Gasteiger partial charge in [-0.05, 0) is 31.2 Å². The highest BCUT2D eigenvalue weighted by atomic mass is 16.2. The summed E-state index contributed by atoms with van der Waals surface area (Å²) in [7, 11) is 2.12. The number of likely N-dealkylation sites (N-methyl/N-ethyl adjacent to an activating group) is 1. The molecule has 0 bridgehead atoms. The van der Waals surface area contributed by atoms with Crippen molar-refractivity contribution in [2.45, 2.75) is 19.9 Å². The Hall–Kier alpha value is -2.66. The lowest BCUT2D eigenvalue weighted by Crippen LogP contribution is -2.56. The van der Waals surface area contributed by atoms with Crippen molar-refractivity contribution in [2.75, 3.05) is 26.7 Å². The van der Waals surface area contributed by atoms with Crippen LogP contribution in [-0.4, -0.2) is 58.4 Å². The molecule has 0 unspecified atom stereocenters. The van der Waals surface area contributed by atoms with Crippen molar-refractivity contribution in [2.24, 2.45) is 5.92 Å². The van der Waals surface area contributed by atoms with Crippen LogP contribution >= 0.6 is 0 Å². The van der Waals surface area contributed by atoms with E-state index in [-0.39, 0.29) is 11.9 Å². The number of fused-ring (bicyclic) bond motifs is 1. The van der Waals surface area contributed by atoms with E-state index in [1.165, 1.54) is 0 Å². The van der Waals surface area contributed by atoms with E-state index in [1.807, 2.05) is 53.4 Å². The first-order valence-electron chi connectivity index (χ1n) is 9.57. The lowest BCUT2D eigenvalue weighted by molar-refractivity contribution is 0.0403. The predicted molar refractivity (Wildman–Crippen MR) is 109 cm³/mol. The number of rotatable bonds is 3. The van der Waals surface area contributed by atoms with Crippen LogP contribution in [-0.2, 0) is 0 Å². The van der Waals surface area contributed by atoms with Gasteiger partial charge < -0.3 is 14.8 Å². The average Bonchev–Trinajstić information content (AvgIpc) is 3.11. The van der Waals surface area contributed by atoms with E-state index in [0.29, 0.717) is 5.92 Å². The summed E-state index contributed by atoms with van der Waals surface area (Å²) in [5.41, 5.74) is 3.54. The highest BCUT2D eigenvalue weighted by molar-refractivity contribution is 5.98. The highest BCUT2D eigenvalue weighted by Crippen LogP contribution is 2.24. The minimum absolute atomic E-state index is 0.111. The summed E-state index contributed by atoms with van der Waals surface area (Å²) in [4.78, 5) is 25.6. The van der Waals surface area contributed by atoms with Crippen LogP contribution < -0.4 is 0 Å². The van der Waals surface area contributed by atoms with Gasteiger partial charge in [0.1, 0.15) is 5.82 Å². The molecule has 1 aliphatic rings. The van der Waals surface area contributed by atoms with E-state index in [0.717, 1.165) is 47.6 Å². The SMILES string of the molecule is CC(C)[C@H]1CN(C)CCN1C(=O)c1ccc2nc(-c3ccccc3)[nH]c2c1. The van der Waals surface area contributed by atoms with Gasteiger partial charge in [0.05, 0.1) is 11.0 Å². The fraction of sp³-hybridized carbons (Fsp3) is 0.364. The third kappa shape index (κ3) is 3.47. The van der Waals surface area contributed by atoms with Gasteiger partial charge in [0, 0.05) is 36.8 Å². The molecule has 1 aromatic heterocycles. The number of carbonyl (C=O) groups excluding carboxylic acids is 1. The van der Waals surface area contributed by atoms with E-state index in [4.69, 9.17) is 0 Å². The molecule has 1 amide bonds. The Labute approximate surface area is 160 Å². The smallest absolute Gasteiger partial charge is 0.254 e. The molecule has 2 heterocycles. The topological polar surface area (TPSA) is 52.2 Å². The van der Waals surface area contributed by atoms with Crippen molar-refractivity contribution in [3.8, 4) is 11.4 Å². The quantitative estimate of drug-likeness (QED) is 0.774. The zero-order valence-corrected chi connectivity index (χ0v) is 16.1. The second-order valence-corrected chi connectivity index (χ2v) is 7.76. The maximum Gasteiger partial charge on any atom is 0.254 e. The Balaban J connectivity index is 1.64. The Morgan fingerprint density at radius 2 is 1.93 bits per heavy atom. The number of aromatic nitrogens is 2. The first-order valence-corrected chi connectivity index (χ1v) is 9.57. The molecule has 0 spiro atoms. The summed E-state index contributed by atoms with van der Waals surface area (Å²) < 4.78 is 0. The number of benzene rings is 2. The Kier molecular flexibility index (Phi) is 4.70. The van der Waals surface area contributed by atoms with Gasteiger partial charge in [-0.25, -0.2) is 4.98 Å². The third-order valence-corrected chi connectivity index (χ3v) is 5.43. The minimum Gasteiger partial charge on any atom is -0.338 e. The number of nitrogens with one attached hydrogen (secondary N) is 1. The Morgan fingerprint density at radius 3 is 2.67 bits per heavy atom. The Morgan fingerprint density at radius 1 is 1.15 bits per heavy atom. The molecule has 140 valence electrons. The molecule has 27 heavy (non-hydrogen) atoms. The molecule has 5 heteroatoms. The second kappa shape index (κ2) is 7.16. The summed E-state index contributed by atoms with van der Waals surface area (Å²) in [5.74, 6) is 1.37. The van der Waals surface area contributed by atoms with Gasteiger partial charge >= 0.3 is 0 Å². The molecule has 4 rings (SSSR count). The number of hydrogen-bond donors (Lipinski definition) is 1. The van der Waals surface area contributed by atoms with Crippen LogP contribution in [0.1, 0.15) is 24.2 Å². The number of hydrogen-bond acceptors (Lipinski definition) is 3. The highest BCUT2D eigenvalue weighted by Gasteiger charge is 2.31. The first kappa shape index (κ1) is 17.7. The zero-order valence-electron chi connectivity index (χ0n) is 16.1. The van der Waals surface area contributed by atoms with Crippen molar-refractivity contribution in [3.05, 3.63) is 54.1 Å². The van der Waals surface area contributed by atoms with Gasteiger partial charge in [-0.2, -0.15) is 0 Å². The van der Waals surface area contributed by atoms with Gasteiger partial charge in [0.2, 0.25) is 0 Å². The van der Waals surface area contributed by atoms with Crippen LogP contribution in [0.5, 0.6) is 0 Å². The molecule has 2 aromatic carbocycles. The molecular weight excluding hydrogens is 336 g/mol. The summed E-state index contributed by atoms with van der Waals surface area (Å²) >= 11 is 0. The molecule has 1 atom stereocenters. The number of carbonyl (C=O) groups is 1. The van der Waals surface area contributed by atoms with Gasteiger partial charge in [0.15, 0.2) is 0 Å².